The minimum atomic E-state index is -0.415. The first-order chi connectivity index (χ1) is 22.4. The van der Waals surface area contributed by atoms with Crippen LogP contribution in [0.5, 0.6) is 0 Å². The number of urea groups is 2. The summed E-state index contributed by atoms with van der Waals surface area (Å²) in [5.41, 5.74) is 3.98. The van der Waals surface area contributed by atoms with Gasteiger partial charge in [-0.25, -0.2) is 14.0 Å². The van der Waals surface area contributed by atoms with E-state index in [0.29, 0.717) is 41.0 Å². The van der Waals surface area contributed by atoms with Crippen LogP contribution in [0.15, 0.2) is 85.2 Å². The maximum atomic E-state index is 12.8. The average Bonchev–Trinajstić information content (AvgIpc) is 3.07. The Balaban J connectivity index is 0.000000181. The lowest BCUT2D eigenvalue weighted by Gasteiger charge is -2.23. The normalized spacial score (nSPS) is 17.5. The van der Waals surface area contributed by atoms with Crippen molar-refractivity contribution in [3.63, 3.8) is 0 Å². The van der Waals surface area contributed by atoms with Crippen LogP contribution in [0.2, 0.25) is 5.02 Å². The molecule has 2 atom stereocenters. The first-order valence-electron chi connectivity index (χ1n) is 14.6. The molecule has 0 bridgehead atoms. The number of aromatic nitrogens is 2. The van der Waals surface area contributed by atoms with Gasteiger partial charge >= 0.3 is 12.1 Å². The van der Waals surface area contributed by atoms with Crippen molar-refractivity contribution in [2.45, 2.75) is 12.2 Å². The van der Waals surface area contributed by atoms with Gasteiger partial charge in [-0.05, 0) is 66.7 Å². The lowest BCUT2D eigenvalue weighted by Crippen LogP contribution is -2.33. The zero-order valence-electron chi connectivity index (χ0n) is 24.8. The fraction of sp³-hybridized carbons (Fsp3) is 0.250. The number of carbonyl (C=O) groups is 2. The van der Waals surface area contributed by atoms with E-state index in [1.807, 2.05) is 12.1 Å². The van der Waals surface area contributed by atoms with Crippen LogP contribution in [0.3, 0.4) is 0 Å². The lowest BCUT2D eigenvalue weighted by atomic mass is 10.2. The van der Waals surface area contributed by atoms with Crippen molar-refractivity contribution >= 4 is 46.4 Å². The molecule has 0 saturated carbocycles. The Labute approximate surface area is 270 Å². The van der Waals surface area contributed by atoms with Gasteiger partial charge in [0.1, 0.15) is 18.0 Å². The van der Waals surface area contributed by atoms with Gasteiger partial charge in [0.15, 0.2) is 0 Å². The highest BCUT2D eigenvalue weighted by Gasteiger charge is 2.18. The molecular formula is C32H34ClFN8O4. The summed E-state index contributed by atoms with van der Waals surface area (Å²) in [6, 6.07) is 19.0. The van der Waals surface area contributed by atoms with Crippen LogP contribution < -0.4 is 31.9 Å². The van der Waals surface area contributed by atoms with E-state index in [2.05, 4.69) is 41.9 Å². The molecule has 2 aromatic heterocycles. The van der Waals surface area contributed by atoms with Crippen LogP contribution in [0.25, 0.3) is 0 Å². The highest BCUT2D eigenvalue weighted by atomic mass is 35.5. The van der Waals surface area contributed by atoms with E-state index in [1.165, 1.54) is 24.3 Å². The second kappa shape index (κ2) is 16.6. The average molecular weight is 649 g/mol. The summed E-state index contributed by atoms with van der Waals surface area (Å²) < 4.78 is 24.1. The third-order valence-electron chi connectivity index (χ3n) is 6.79. The van der Waals surface area contributed by atoms with E-state index in [1.54, 1.807) is 48.8 Å². The SMILES string of the molecule is O=C(Nc1ccc(C2CNCCO2)nc1)Nc1cccc(Cl)c1.O=C(Nc1ccc(F)cc1)Nc1ccc(C2CNCCO2)nc1. The number of ether oxygens (including phenoxy) is 2. The van der Waals surface area contributed by atoms with E-state index >= 15 is 0 Å². The molecule has 14 heteroatoms. The molecule has 0 spiro atoms. The molecule has 2 aliphatic heterocycles. The highest BCUT2D eigenvalue weighted by molar-refractivity contribution is 6.30. The summed E-state index contributed by atoms with van der Waals surface area (Å²) in [4.78, 5) is 32.5. The molecule has 4 amide bonds. The second-order valence-electron chi connectivity index (χ2n) is 10.2. The number of anilines is 4. The van der Waals surface area contributed by atoms with Gasteiger partial charge in [-0.1, -0.05) is 17.7 Å². The number of hydrogen-bond donors (Lipinski definition) is 6. The zero-order chi connectivity index (χ0) is 32.1. The first kappa shape index (κ1) is 32.7. The number of halogens is 2. The van der Waals surface area contributed by atoms with Crippen LogP contribution >= 0.6 is 11.6 Å². The van der Waals surface area contributed by atoms with Crippen LogP contribution in [0.1, 0.15) is 23.6 Å². The van der Waals surface area contributed by atoms with Gasteiger partial charge in [-0.2, -0.15) is 0 Å². The lowest BCUT2D eigenvalue weighted by molar-refractivity contribution is 0.0250. The molecule has 2 aliphatic rings. The largest absolute Gasteiger partial charge is 0.369 e. The van der Waals surface area contributed by atoms with Crippen LogP contribution in [-0.2, 0) is 9.47 Å². The number of rotatable bonds is 6. The van der Waals surface area contributed by atoms with Crippen molar-refractivity contribution in [3.05, 3.63) is 107 Å². The Hall–Kier alpha value is -4.66. The Kier molecular flexibility index (Phi) is 11.8. The number of nitrogens with zero attached hydrogens (tertiary/aromatic N) is 2. The minimum Gasteiger partial charge on any atom is -0.369 e. The summed E-state index contributed by atoms with van der Waals surface area (Å²) >= 11 is 5.88. The van der Waals surface area contributed by atoms with Gasteiger partial charge in [0.25, 0.3) is 0 Å². The maximum Gasteiger partial charge on any atom is 0.323 e. The first-order valence-corrected chi connectivity index (χ1v) is 15.0. The van der Waals surface area contributed by atoms with Crippen molar-refractivity contribution in [1.82, 2.24) is 20.6 Å². The quantitative estimate of drug-likeness (QED) is 0.159. The number of morpholine rings is 2. The Morgan fingerprint density at radius 3 is 1.65 bits per heavy atom. The van der Waals surface area contributed by atoms with E-state index in [4.69, 9.17) is 21.1 Å². The summed E-state index contributed by atoms with van der Waals surface area (Å²) in [5.74, 6) is -0.352. The molecule has 4 aromatic rings. The number of nitrogens with one attached hydrogen (secondary N) is 6. The van der Waals surface area contributed by atoms with Gasteiger partial charge in [-0.15, -0.1) is 0 Å². The summed E-state index contributed by atoms with van der Waals surface area (Å²) in [7, 11) is 0. The fourth-order valence-corrected chi connectivity index (χ4v) is 4.73. The van der Waals surface area contributed by atoms with Crippen molar-refractivity contribution in [2.24, 2.45) is 0 Å². The van der Waals surface area contributed by atoms with Gasteiger partial charge in [-0.3, -0.25) is 9.97 Å². The molecule has 4 heterocycles. The van der Waals surface area contributed by atoms with Crippen LogP contribution in [0.4, 0.5) is 36.7 Å². The molecule has 46 heavy (non-hydrogen) atoms. The number of benzene rings is 2. The standard InChI is InChI=1S/C16H17ClN4O2.C16H17FN4O2/c17-11-2-1-3-12(8-11)20-16(22)21-13-4-5-14(19-9-13)15-10-18-6-7-23-15;17-11-1-3-12(4-2-11)20-16(22)21-13-5-6-14(19-9-13)15-10-18-7-8-23-15/h1-5,8-9,15,18H,6-7,10H2,(H2,20,21,22);1-6,9,15,18H,7-8,10H2,(H2,20,21,22). The molecule has 6 N–H and O–H groups in total. The topological polar surface area (TPSA) is 151 Å². The predicted molar refractivity (Wildman–Crippen MR) is 175 cm³/mol. The molecule has 2 fully saturated rings. The van der Waals surface area contributed by atoms with Crippen molar-refractivity contribution in [3.8, 4) is 0 Å². The molecule has 12 nitrogen and oxygen atoms in total. The molecular weight excluding hydrogens is 615 g/mol. The van der Waals surface area contributed by atoms with Crippen LogP contribution in [-0.4, -0.2) is 61.4 Å². The van der Waals surface area contributed by atoms with E-state index in [-0.39, 0.29) is 24.1 Å². The molecule has 6 rings (SSSR count). The number of pyridine rings is 2. The van der Waals surface area contributed by atoms with E-state index < -0.39 is 6.03 Å². The Morgan fingerprint density at radius 1 is 0.696 bits per heavy atom. The highest BCUT2D eigenvalue weighted by Crippen LogP contribution is 2.20. The summed E-state index contributed by atoms with van der Waals surface area (Å²) in [6.45, 7) is 4.51. The molecule has 0 aliphatic carbocycles. The van der Waals surface area contributed by atoms with E-state index in [9.17, 15) is 14.0 Å². The third kappa shape index (κ3) is 10.2. The minimum absolute atomic E-state index is 0.0434. The Morgan fingerprint density at radius 2 is 1.20 bits per heavy atom. The van der Waals surface area contributed by atoms with Crippen molar-refractivity contribution in [1.29, 1.82) is 0 Å². The number of carbonyl (C=O) groups excluding carboxylic acids is 2. The van der Waals surface area contributed by atoms with Crippen LogP contribution in [0, 0.1) is 5.82 Å². The van der Waals surface area contributed by atoms with Gasteiger partial charge in [0.05, 0.1) is 48.4 Å². The molecule has 2 saturated heterocycles. The Bertz CT molecular complexity index is 1570. The second-order valence-corrected chi connectivity index (χ2v) is 10.7. The smallest absolute Gasteiger partial charge is 0.323 e. The number of hydrogen-bond acceptors (Lipinski definition) is 8. The van der Waals surface area contributed by atoms with Crippen molar-refractivity contribution < 1.29 is 23.5 Å². The van der Waals surface area contributed by atoms with E-state index in [0.717, 1.165) is 37.6 Å². The predicted octanol–water partition coefficient (Wildman–Crippen LogP) is 5.57. The van der Waals surface area contributed by atoms with Gasteiger partial charge in [0.2, 0.25) is 0 Å². The zero-order valence-corrected chi connectivity index (χ0v) is 25.5. The molecule has 0 radical (unpaired) electrons. The van der Waals surface area contributed by atoms with Gasteiger partial charge < -0.3 is 41.4 Å². The molecule has 2 aromatic carbocycles. The molecule has 240 valence electrons. The molecule has 2 unspecified atom stereocenters. The summed E-state index contributed by atoms with van der Waals surface area (Å²) in [6.07, 6.45) is 3.09. The third-order valence-corrected chi connectivity index (χ3v) is 7.02. The van der Waals surface area contributed by atoms with Crippen molar-refractivity contribution in [2.75, 3.05) is 60.7 Å². The van der Waals surface area contributed by atoms with Gasteiger partial charge in [0, 0.05) is 42.6 Å². The summed E-state index contributed by atoms with van der Waals surface area (Å²) in [5, 5.41) is 17.8. The maximum absolute atomic E-state index is 12.8. The fourth-order valence-electron chi connectivity index (χ4n) is 4.54. The monoisotopic (exact) mass is 648 g/mol. The number of amides is 4.